The largest absolute Gasteiger partial charge is 0.267 e. The topological polar surface area (TPSA) is 35.6 Å². The summed E-state index contributed by atoms with van der Waals surface area (Å²) in [6.45, 7) is 5.72. The maximum absolute atomic E-state index is 4.44. The van der Waals surface area contributed by atoms with Gasteiger partial charge in [0.1, 0.15) is 0 Å². The summed E-state index contributed by atoms with van der Waals surface area (Å²) < 4.78 is 4.98. The zero-order valence-electron chi connectivity index (χ0n) is 8.81. The molecule has 2 heterocycles. The van der Waals surface area contributed by atoms with E-state index in [0.717, 1.165) is 23.3 Å². The molecule has 0 saturated carbocycles. The quantitative estimate of drug-likeness (QED) is 0.856. The van der Waals surface area contributed by atoms with Gasteiger partial charge in [-0.1, -0.05) is 0 Å². The Balaban J connectivity index is 2.34. The third-order valence-electron chi connectivity index (χ3n) is 2.32. The smallest absolute Gasteiger partial charge is 0.0839 e. The van der Waals surface area contributed by atoms with Crippen molar-refractivity contribution in [3.8, 4) is 0 Å². The monoisotopic (exact) mass is 268 g/mol. The van der Waals surface area contributed by atoms with Crippen molar-refractivity contribution in [1.29, 1.82) is 0 Å². The Bertz CT molecular complexity index is 444. The van der Waals surface area contributed by atoms with Crippen LogP contribution in [-0.2, 0) is 13.1 Å². The number of halogens is 1. The molecule has 0 aromatic carbocycles. The zero-order valence-corrected chi connectivity index (χ0v) is 10.4. The Morgan fingerprint density at radius 3 is 2.87 bits per heavy atom. The van der Waals surface area contributed by atoms with Gasteiger partial charge in [-0.2, -0.15) is 10.2 Å². The molecular weight excluding hydrogens is 256 g/mol. The van der Waals surface area contributed by atoms with E-state index in [1.54, 1.807) is 6.20 Å². The van der Waals surface area contributed by atoms with E-state index in [0.29, 0.717) is 0 Å². The van der Waals surface area contributed by atoms with Crippen LogP contribution in [0.2, 0.25) is 0 Å². The molecule has 0 spiro atoms. The van der Waals surface area contributed by atoms with Gasteiger partial charge in [0, 0.05) is 18.9 Å². The van der Waals surface area contributed by atoms with Gasteiger partial charge < -0.3 is 0 Å². The third-order valence-corrected chi connectivity index (χ3v) is 3.36. The predicted octanol–water partition coefficient (Wildman–Crippen LogP) is 2.22. The SMILES string of the molecule is CCn1nc(C)c(Br)c1Cn1cccn1. The predicted molar refractivity (Wildman–Crippen MR) is 61.7 cm³/mol. The van der Waals surface area contributed by atoms with Crippen molar-refractivity contribution >= 4 is 15.9 Å². The number of hydrogen-bond acceptors (Lipinski definition) is 2. The van der Waals surface area contributed by atoms with Gasteiger partial charge in [-0.3, -0.25) is 9.36 Å². The van der Waals surface area contributed by atoms with E-state index in [4.69, 9.17) is 0 Å². The van der Waals surface area contributed by atoms with Crippen molar-refractivity contribution in [2.45, 2.75) is 26.9 Å². The Kier molecular flexibility index (Phi) is 2.90. The van der Waals surface area contributed by atoms with Crippen LogP contribution in [0.25, 0.3) is 0 Å². The Hall–Kier alpha value is -1.10. The molecule has 0 N–H and O–H groups in total. The van der Waals surface area contributed by atoms with Gasteiger partial charge in [-0.15, -0.1) is 0 Å². The summed E-state index contributed by atoms with van der Waals surface area (Å²) >= 11 is 3.56. The molecule has 2 aromatic heterocycles. The minimum absolute atomic E-state index is 0.752. The lowest BCUT2D eigenvalue weighted by Crippen LogP contribution is -2.08. The second-order valence-corrected chi connectivity index (χ2v) is 4.16. The number of rotatable bonds is 3. The highest BCUT2D eigenvalue weighted by atomic mass is 79.9. The van der Waals surface area contributed by atoms with Crippen LogP contribution in [0, 0.1) is 6.92 Å². The molecule has 4 nitrogen and oxygen atoms in total. The maximum Gasteiger partial charge on any atom is 0.0839 e. The molecular formula is C10H13BrN4. The lowest BCUT2D eigenvalue weighted by atomic mass is 10.3. The Morgan fingerprint density at radius 1 is 1.47 bits per heavy atom. The number of aryl methyl sites for hydroxylation is 2. The van der Waals surface area contributed by atoms with E-state index in [1.165, 1.54) is 5.69 Å². The molecule has 80 valence electrons. The fourth-order valence-electron chi connectivity index (χ4n) is 1.57. The molecule has 0 aliphatic carbocycles. The molecule has 5 heteroatoms. The molecule has 15 heavy (non-hydrogen) atoms. The summed E-state index contributed by atoms with van der Waals surface area (Å²) in [5, 5.41) is 8.63. The summed E-state index contributed by atoms with van der Waals surface area (Å²) in [4.78, 5) is 0. The molecule has 0 saturated heterocycles. The molecule has 0 bridgehead atoms. The normalized spacial score (nSPS) is 10.9. The average molecular weight is 269 g/mol. The highest BCUT2D eigenvalue weighted by Crippen LogP contribution is 2.21. The first-order valence-electron chi connectivity index (χ1n) is 4.91. The van der Waals surface area contributed by atoms with Crippen LogP contribution in [0.1, 0.15) is 18.3 Å². The summed E-state index contributed by atoms with van der Waals surface area (Å²) in [7, 11) is 0. The first-order valence-corrected chi connectivity index (χ1v) is 5.71. The maximum atomic E-state index is 4.44. The van der Waals surface area contributed by atoms with Gasteiger partial charge >= 0.3 is 0 Å². The van der Waals surface area contributed by atoms with Crippen LogP contribution in [0.5, 0.6) is 0 Å². The van der Waals surface area contributed by atoms with Crippen molar-refractivity contribution in [3.05, 3.63) is 34.3 Å². The summed E-state index contributed by atoms with van der Waals surface area (Å²) in [6, 6.07) is 1.92. The van der Waals surface area contributed by atoms with Gasteiger partial charge in [0.05, 0.1) is 22.4 Å². The molecule has 2 rings (SSSR count). The van der Waals surface area contributed by atoms with Crippen LogP contribution in [0.15, 0.2) is 22.9 Å². The van der Waals surface area contributed by atoms with Gasteiger partial charge in [-0.05, 0) is 35.8 Å². The molecule has 0 atom stereocenters. The highest BCUT2D eigenvalue weighted by Gasteiger charge is 2.12. The van der Waals surface area contributed by atoms with E-state index in [9.17, 15) is 0 Å². The zero-order chi connectivity index (χ0) is 10.8. The van der Waals surface area contributed by atoms with E-state index in [1.807, 2.05) is 28.6 Å². The highest BCUT2D eigenvalue weighted by molar-refractivity contribution is 9.10. The van der Waals surface area contributed by atoms with Crippen LogP contribution in [-0.4, -0.2) is 19.6 Å². The van der Waals surface area contributed by atoms with Crippen molar-refractivity contribution in [2.24, 2.45) is 0 Å². The first-order chi connectivity index (χ1) is 7.22. The van der Waals surface area contributed by atoms with Gasteiger partial charge in [0.2, 0.25) is 0 Å². The van der Waals surface area contributed by atoms with Crippen molar-refractivity contribution < 1.29 is 0 Å². The molecule has 0 aliphatic rings. The first kappa shape index (κ1) is 10.4. The molecule has 0 radical (unpaired) electrons. The van der Waals surface area contributed by atoms with E-state index in [2.05, 4.69) is 33.1 Å². The average Bonchev–Trinajstić information content (AvgIpc) is 2.82. The summed E-state index contributed by atoms with van der Waals surface area (Å²) in [5.74, 6) is 0. The van der Waals surface area contributed by atoms with Crippen LogP contribution in [0.3, 0.4) is 0 Å². The van der Waals surface area contributed by atoms with Crippen molar-refractivity contribution in [3.63, 3.8) is 0 Å². The summed E-state index contributed by atoms with van der Waals surface area (Å²) in [6.07, 6.45) is 3.74. The Morgan fingerprint density at radius 2 is 2.27 bits per heavy atom. The van der Waals surface area contributed by atoms with E-state index < -0.39 is 0 Å². The van der Waals surface area contributed by atoms with Gasteiger partial charge in [0.15, 0.2) is 0 Å². The fourth-order valence-corrected chi connectivity index (χ4v) is 1.98. The van der Waals surface area contributed by atoms with Crippen LogP contribution in [0.4, 0.5) is 0 Å². The minimum Gasteiger partial charge on any atom is -0.267 e. The standard InChI is InChI=1S/C10H13BrN4/c1-3-15-9(10(11)8(2)13-15)7-14-6-4-5-12-14/h4-6H,3,7H2,1-2H3. The number of aromatic nitrogens is 4. The summed E-state index contributed by atoms with van der Waals surface area (Å²) in [5.41, 5.74) is 2.19. The van der Waals surface area contributed by atoms with Crippen LogP contribution < -0.4 is 0 Å². The van der Waals surface area contributed by atoms with E-state index in [-0.39, 0.29) is 0 Å². The lowest BCUT2D eigenvalue weighted by molar-refractivity contribution is 0.574. The third kappa shape index (κ3) is 1.97. The minimum atomic E-state index is 0.752. The van der Waals surface area contributed by atoms with Gasteiger partial charge in [0.25, 0.3) is 0 Å². The number of hydrogen-bond donors (Lipinski definition) is 0. The second kappa shape index (κ2) is 4.18. The lowest BCUT2D eigenvalue weighted by Gasteiger charge is -2.05. The molecule has 0 unspecified atom stereocenters. The van der Waals surface area contributed by atoms with E-state index >= 15 is 0 Å². The molecule has 0 amide bonds. The molecule has 0 fully saturated rings. The number of nitrogens with zero attached hydrogens (tertiary/aromatic N) is 4. The second-order valence-electron chi connectivity index (χ2n) is 3.37. The van der Waals surface area contributed by atoms with Gasteiger partial charge in [-0.25, -0.2) is 0 Å². The van der Waals surface area contributed by atoms with Crippen LogP contribution >= 0.6 is 15.9 Å². The molecule has 2 aromatic rings. The Labute approximate surface area is 97.0 Å². The molecule has 0 aliphatic heterocycles. The fraction of sp³-hybridized carbons (Fsp3) is 0.400. The van der Waals surface area contributed by atoms with Crippen molar-refractivity contribution in [2.75, 3.05) is 0 Å². The van der Waals surface area contributed by atoms with Crippen molar-refractivity contribution in [1.82, 2.24) is 19.6 Å².